The molecule has 2 heteroatoms. The number of hydrogen-bond acceptors (Lipinski definition) is 2. The maximum absolute atomic E-state index is 13.0. The van der Waals surface area contributed by atoms with Gasteiger partial charge in [-0.15, -0.1) is 6.58 Å². The molecule has 0 saturated heterocycles. The first-order valence-corrected chi connectivity index (χ1v) is 9.91. The van der Waals surface area contributed by atoms with Crippen LogP contribution in [0.2, 0.25) is 0 Å². The van der Waals surface area contributed by atoms with Crippen molar-refractivity contribution < 1.29 is 9.90 Å². The molecule has 0 aromatic carbocycles. The lowest BCUT2D eigenvalue weighted by Crippen LogP contribution is -2.55. The predicted molar refractivity (Wildman–Crippen MR) is 101 cm³/mol. The number of carbonyl (C=O) groups excluding carboxylic acids is 1. The smallest absolute Gasteiger partial charge is 0.137 e. The predicted octanol–water partition coefficient (Wildman–Crippen LogP) is 5.40. The van der Waals surface area contributed by atoms with Crippen molar-refractivity contribution in [3.63, 3.8) is 0 Å². The number of rotatable bonds is 4. The van der Waals surface area contributed by atoms with E-state index >= 15 is 0 Å². The molecule has 0 aromatic heterocycles. The minimum atomic E-state index is -0.432. The molecule has 2 aliphatic rings. The number of aliphatic hydroxyl groups is 1. The Kier molecular flexibility index (Phi) is 5.41. The standard InChI is InChI=1S/C22H38O2/c1-8-10-12-22-13-11-17(23)18(22)20(5,6)15(3)14-21(7,9-2)19(24)16(22)4/h9,15-16,18-19,24H,2,8,10-14H2,1,3-7H3/t15?,16-,18?,19-,21+,22-/m0/s1. The molecule has 2 saturated carbocycles. The zero-order valence-corrected chi connectivity index (χ0v) is 16.7. The van der Waals surface area contributed by atoms with E-state index in [0.29, 0.717) is 18.1 Å². The Morgan fingerprint density at radius 2 is 1.92 bits per heavy atom. The zero-order valence-electron chi connectivity index (χ0n) is 16.7. The maximum Gasteiger partial charge on any atom is 0.137 e. The van der Waals surface area contributed by atoms with Gasteiger partial charge in [-0.1, -0.05) is 60.5 Å². The van der Waals surface area contributed by atoms with E-state index in [9.17, 15) is 9.90 Å². The number of unbranched alkanes of at least 4 members (excludes halogenated alkanes) is 1. The van der Waals surface area contributed by atoms with Crippen molar-refractivity contribution in [1.29, 1.82) is 0 Å². The first kappa shape index (κ1) is 19.7. The normalized spacial score (nSPS) is 45.4. The van der Waals surface area contributed by atoms with E-state index in [2.05, 4.69) is 48.1 Å². The summed E-state index contributed by atoms with van der Waals surface area (Å²) < 4.78 is 0. The Balaban J connectivity index is 2.61. The molecule has 24 heavy (non-hydrogen) atoms. The fourth-order valence-electron chi connectivity index (χ4n) is 6.03. The van der Waals surface area contributed by atoms with Gasteiger partial charge in [0, 0.05) is 17.8 Å². The first-order valence-electron chi connectivity index (χ1n) is 9.91. The van der Waals surface area contributed by atoms with Crippen molar-refractivity contribution in [3.05, 3.63) is 12.7 Å². The average Bonchev–Trinajstić information content (AvgIpc) is 2.88. The lowest BCUT2D eigenvalue weighted by molar-refractivity contribution is -0.145. The molecule has 2 unspecified atom stereocenters. The molecule has 0 radical (unpaired) electrons. The molecule has 0 spiro atoms. The van der Waals surface area contributed by atoms with Crippen molar-refractivity contribution in [3.8, 4) is 0 Å². The molecule has 0 amide bonds. The summed E-state index contributed by atoms with van der Waals surface area (Å²) in [5, 5.41) is 11.3. The second kappa shape index (κ2) is 6.59. The summed E-state index contributed by atoms with van der Waals surface area (Å²) in [5.74, 6) is 1.00. The number of ketones is 1. The van der Waals surface area contributed by atoms with Crippen LogP contribution in [0.25, 0.3) is 0 Å². The molecule has 2 nitrogen and oxygen atoms in total. The van der Waals surface area contributed by atoms with Gasteiger partial charge in [-0.05, 0) is 41.9 Å². The Morgan fingerprint density at radius 1 is 1.29 bits per heavy atom. The van der Waals surface area contributed by atoms with Gasteiger partial charge in [0.2, 0.25) is 0 Å². The van der Waals surface area contributed by atoms with Gasteiger partial charge in [0.1, 0.15) is 5.78 Å². The van der Waals surface area contributed by atoms with Crippen LogP contribution >= 0.6 is 0 Å². The van der Waals surface area contributed by atoms with Crippen LogP contribution in [0, 0.1) is 34.0 Å². The molecule has 0 aliphatic heterocycles. The summed E-state index contributed by atoms with van der Waals surface area (Å²) in [7, 11) is 0. The molecule has 0 bridgehead atoms. The molecule has 0 heterocycles. The van der Waals surface area contributed by atoms with Crippen LogP contribution in [0.1, 0.15) is 80.1 Å². The quantitative estimate of drug-likeness (QED) is 0.699. The van der Waals surface area contributed by atoms with Crippen LogP contribution < -0.4 is 0 Å². The minimum absolute atomic E-state index is 0.0417. The van der Waals surface area contributed by atoms with Crippen LogP contribution in [0.4, 0.5) is 0 Å². The molecule has 1 N–H and O–H groups in total. The highest BCUT2D eigenvalue weighted by Crippen LogP contribution is 2.63. The first-order chi connectivity index (χ1) is 11.1. The summed E-state index contributed by atoms with van der Waals surface area (Å²) in [6.07, 6.45) is 7.38. The fraction of sp³-hybridized carbons (Fsp3) is 0.864. The van der Waals surface area contributed by atoms with Crippen molar-refractivity contribution in [2.75, 3.05) is 0 Å². The summed E-state index contributed by atoms with van der Waals surface area (Å²) in [6, 6.07) is 0. The van der Waals surface area contributed by atoms with E-state index in [4.69, 9.17) is 0 Å². The third kappa shape index (κ3) is 2.79. The highest BCUT2D eigenvalue weighted by atomic mass is 16.3. The zero-order chi connectivity index (χ0) is 18.3. The summed E-state index contributed by atoms with van der Waals surface area (Å²) in [6.45, 7) is 17.5. The van der Waals surface area contributed by atoms with Gasteiger partial charge in [0.15, 0.2) is 0 Å². The molecular formula is C22H38O2. The van der Waals surface area contributed by atoms with Crippen LogP contribution in [-0.2, 0) is 4.79 Å². The minimum Gasteiger partial charge on any atom is -0.392 e. The van der Waals surface area contributed by atoms with Gasteiger partial charge in [0.05, 0.1) is 6.10 Å². The number of Topliss-reactive ketones (excluding diaryl/α,β-unsaturated/α-hetero) is 1. The summed E-state index contributed by atoms with van der Waals surface area (Å²) in [4.78, 5) is 13.0. The number of aliphatic hydroxyl groups excluding tert-OH is 1. The molecular weight excluding hydrogens is 296 g/mol. The van der Waals surface area contributed by atoms with Gasteiger partial charge < -0.3 is 5.11 Å². The van der Waals surface area contributed by atoms with E-state index in [0.717, 1.165) is 32.1 Å². The second-order valence-electron chi connectivity index (χ2n) is 9.61. The molecule has 2 aliphatic carbocycles. The monoisotopic (exact) mass is 334 g/mol. The van der Waals surface area contributed by atoms with E-state index < -0.39 is 6.10 Å². The topological polar surface area (TPSA) is 37.3 Å². The van der Waals surface area contributed by atoms with E-state index in [1.54, 1.807) is 0 Å². The van der Waals surface area contributed by atoms with Crippen LogP contribution in [-0.4, -0.2) is 17.0 Å². The van der Waals surface area contributed by atoms with Crippen molar-refractivity contribution >= 4 is 5.78 Å². The molecule has 2 fully saturated rings. The molecule has 6 atom stereocenters. The Labute approximate surface area is 149 Å². The SMILES string of the molecule is C=C[C@]1(C)CC(C)C(C)(C)C2C(=O)CC[C@@]2(CCCC)[C@@H](C)[C@@H]1O. The van der Waals surface area contributed by atoms with Gasteiger partial charge in [-0.25, -0.2) is 0 Å². The third-order valence-corrected chi connectivity index (χ3v) is 8.01. The largest absolute Gasteiger partial charge is 0.392 e. The highest BCUT2D eigenvalue weighted by Gasteiger charge is 2.61. The van der Waals surface area contributed by atoms with Crippen molar-refractivity contribution in [2.24, 2.45) is 34.0 Å². The van der Waals surface area contributed by atoms with Crippen LogP contribution in [0.5, 0.6) is 0 Å². The Morgan fingerprint density at radius 3 is 2.46 bits per heavy atom. The van der Waals surface area contributed by atoms with Gasteiger partial charge in [-0.2, -0.15) is 0 Å². The Bertz CT molecular complexity index is 494. The fourth-order valence-corrected chi connectivity index (χ4v) is 6.03. The number of fused-ring (bicyclic) bond motifs is 1. The molecule has 2 rings (SSSR count). The van der Waals surface area contributed by atoms with Crippen molar-refractivity contribution in [2.45, 2.75) is 86.2 Å². The lowest BCUT2D eigenvalue weighted by atomic mass is 9.48. The second-order valence-corrected chi connectivity index (χ2v) is 9.61. The van der Waals surface area contributed by atoms with Gasteiger partial charge in [-0.3, -0.25) is 4.79 Å². The van der Waals surface area contributed by atoms with E-state index in [-0.39, 0.29) is 28.1 Å². The molecule has 138 valence electrons. The lowest BCUT2D eigenvalue weighted by Gasteiger charge is -2.56. The van der Waals surface area contributed by atoms with E-state index in [1.165, 1.54) is 0 Å². The van der Waals surface area contributed by atoms with E-state index in [1.807, 2.05) is 6.08 Å². The summed E-state index contributed by atoms with van der Waals surface area (Å²) in [5.41, 5.74) is -0.388. The number of hydrogen-bond donors (Lipinski definition) is 1. The Hall–Kier alpha value is -0.630. The van der Waals surface area contributed by atoms with Gasteiger partial charge >= 0.3 is 0 Å². The third-order valence-electron chi connectivity index (χ3n) is 8.01. The van der Waals surface area contributed by atoms with Crippen molar-refractivity contribution in [1.82, 2.24) is 0 Å². The molecule has 0 aromatic rings. The number of carbonyl (C=O) groups is 1. The van der Waals surface area contributed by atoms with Crippen LogP contribution in [0.3, 0.4) is 0 Å². The summed E-state index contributed by atoms with van der Waals surface area (Å²) >= 11 is 0. The van der Waals surface area contributed by atoms with Gasteiger partial charge in [0.25, 0.3) is 0 Å². The highest BCUT2D eigenvalue weighted by molar-refractivity contribution is 5.85. The maximum atomic E-state index is 13.0. The van der Waals surface area contributed by atoms with Crippen LogP contribution in [0.15, 0.2) is 12.7 Å². The average molecular weight is 335 g/mol.